The Kier molecular flexibility index (Phi) is 2.49. The molecular weight excluding hydrogens is 112 g/mol. The van der Waals surface area contributed by atoms with Gasteiger partial charge in [-0.25, -0.2) is 0 Å². The van der Waals surface area contributed by atoms with Crippen molar-refractivity contribution in [3.63, 3.8) is 0 Å². The van der Waals surface area contributed by atoms with Crippen LogP contribution in [0.5, 0.6) is 0 Å². The first-order valence-corrected chi connectivity index (χ1v) is 3.82. The molecule has 0 radical (unpaired) electrons. The highest BCUT2D eigenvalue weighted by Crippen LogP contribution is 2.14. The van der Waals surface area contributed by atoms with Crippen LogP contribution >= 0.6 is 0 Å². The van der Waals surface area contributed by atoms with Crippen molar-refractivity contribution in [2.24, 2.45) is 11.5 Å². The van der Waals surface area contributed by atoms with E-state index in [-0.39, 0.29) is 12.1 Å². The van der Waals surface area contributed by atoms with Gasteiger partial charge in [-0.1, -0.05) is 19.3 Å². The van der Waals surface area contributed by atoms with E-state index < -0.39 is 0 Å². The number of hydrogen-bond acceptors (Lipinski definition) is 2. The Morgan fingerprint density at radius 1 is 0.778 bits per heavy atom. The van der Waals surface area contributed by atoms with Gasteiger partial charge in [0, 0.05) is 12.1 Å². The lowest BCUT2D eigenvalue weighted by atomic mass is 10.1. The molecule has 0 aromatic rings. The van der Waals surface area contributed by atoms with Crippen LogP contribution in [0.4, 0.5) is 0 Å². The standard InChI is InChI=1S/C7H16N2/c8-6-4-2-1-3-5-7(6)9/h6-7H,1-5,8-9H2/t6-,7+. The third kappa shape index (κ3) is 1.95. The zero-order valence-electron chi connectivity index (χ0n) is 5.84. The molecule has 0 heterocycles. The minimum Gasteiger partial charge on any atom is -0.326 e. The number of rotatable bonds is 0. The molecule has 0 spiro atoms. The molecule has 1 rings (SSSR count). The molecule has 2 heteroatoms. The highest BCUT2D eigenvalue weighted by Gasteiger charge is 2.15. The first-order chi connectivity index (χ1) is 4.30. The summed E-state index contributed by atoms with van der Waals surface area (Å²) in [6, 6.07) is 0.542. The summed E-state index contributed by atoms with van der Waals surface area (Å²) in [7, 11) is 0. The van der Waals surface area contributed by atoms with Crippen LogP contribution in [0, 0.1) is 0 Å². The highest BCUT2D eigenvalue weighted by molar-refractivity contribution is 4.78. The van der Waals surface area contributed by atoms with Crippen LogP contribution in [-0.4, -0.2) is 12.1 Å². The summed E-state index contributed by atoms with van der Waals surface area (Å²) in [6.07, 6.45) is 6.12. The van der Waals surface area contributed by atoms with Crippen molar-refractivity contribution in [3.8, 4) is 0 Å². The zero-order chi connectivity index (χ0) is 6.69. The molecule has 1 saturated carbocycles. The van der Waals surface area contributed by atoms with Crippen molar-refractivity contribution in [1.82, 2.24) is 0 Å². The number of hydrogen-bond donors (Lipinski definition) is 2. The predicted molar refractivity (Wildman–Crippen MR) is 39.0 cm³/mol. The van der Waals surface area contributed by atoms with Crippen molar-refractivity contribution in [3.05, 3.63) is 0 Å². The molecular formula is C7H16N2. The minimum atomic E-state index is 0.271. The fourth-order valence-electron chi connectivity index (χ4n) is 1.37. The van der Waals surface area contributed by atoms with Gasteiger partial charge in [-0.15, -0.1) is 0 Å². The van der Waals surface area contributed by atoms with E-state index in [1.54, 1.807) is 0 Å². The van der Waals surface area contributed by atoms with E-state index in [2.05, 4.69) is 0 Å². The van der Waals surface area contributed by atoms with Crippen LogP contribution in [0.2, 0.25) is 0 Å². The molecule has 0 saturated heterocycles. The summed E-state index contributed by atoms with van der Waals surface area (Å²) in [5.74, 6) is 0. The summed E-state index contributed by atoms with van der Waals surface area (Å²) in [5, 5.41) is 0. The molecule has 1 aliphatic carbocycles. The second-order valence-electron chi connectivity index (χ2n) is 2.97. The summed E-state index contributed by atoms with van der Waals surface area (Å²) in [4.78, 5) is 0. The third-order valence-electron chi connectivity index (χ3n) is 2.12. The predicted octanol–water partition coefficient (Wildman–Crippen LogP) is 0.605. The van der Waals surface area contributed by atoms with E-state index in [1.807, 2.05) is 0 Å². The van der Waals surface area contributed by atoms with Gasteiger partial charge >= 0.3 is 0 Å². The lowest BCUT2D eigenvalue weighted by molar-refractivity contribution is 0.500. The lowest BCUT2D eigenvalue weighted by Crippen LogP contribution is -2.40. The maximum absolute atomic E-state index is 5.75. The van der Waals surface area contributed by atoms with Gasteiger partial charge < -0.3 is 11.5 Å². The van der Waals surface area contributed by atoms with E-state index in [1.165, 1.54) is 19.3 Å². The summed E-state index contributed by atoms with van der Waals surface area (Å²) < 4.78 is 0. The van der Waals surface area contributed by atoms with E-state index in [4.69, 9.17) is 11.5 Å². The van der Waals surface area contributed by atoms with Gasteiger partial charge in [-0.3, -0.25) is 0 Å². The Morgan fingerprint density at radius 3 is 1.67 bits per heavy atom. The lowest BCUT2D eigenvalue weighted by Gasteiger charge is -2.14. The first-order valence-electron chi connectivity index (χ1n) is 3.82. The van der Waals surface area contributed by atoms with Crippen molar-refractivity contribution >= 4 is 0 Å². The average molecular weight is 128 g/mol. The molecule has 9 heavy (non-hydrogen) atoms. The quantitative estimate of drug-likeness (QED) is 0.469. The summed E-state index contributed by atoms with van der Waals surface area (Å²) >= 11 is 0. The van der Waals surface area contributed by atoms with Crippen LogP contribution in [-0.2, 0) is 0 Å². The van der Waals surface area contributed by atoms with Gasteiger partial charge in [0.05, 0.1) is 0 Å². The van der Waals surface area contributed by atoms with Crippen LogP contribution < -0.4 is 11.5 Å². The molecule has 2 atom stereocenters. The molecule has 1 fully saturated rings. The Balaban J connectivity index is 2.32. The molecule has 0 aromatic heterocycles. The maximum atomic E-state index is 5.75. The largest absolute Gasteiger partial charge is 0.326 e. The van der Waals surface area contributed by atoms with Gasteiger partial charge in [0.25, 0.3) is 0 Å². The van der Waals surface area contributed by atoms with E-state index in [0.717, 1.165) is 12.8 Å². The van der Waals surface area contributed by atoms with Gasteiger partial charge in [0.1, 0.15) is 0 Å². The highest BCUT2D eigenvalue weighted by atomic mass is 14.8. The molecule has 54 valence electrons. The van der Waals surface area contributed by atoms with E-state index in [9.17, 15) is 0 Å². The average Bonchev–Trinajstić information content (AvgIpc) is 1.99. The fourth-order valence-corrected chi connectivity index (χ4v) is 1.37. The van der Waals surface area contributed by atoms with Crippen molar-refractivity contribution in [1.29, 1.82) is 0 Å². The minimum absolute atomic E-state index is 0.271. The fraction of sp³-hybridized carbons (Fsp3) is 1.00. The third-order valence-corrected chi connectivity index (χ3v) is 2.12. The zero-order valence-corrected chi connectivity index (χ0v) is 5.84. The molecule has 0 unspecified atom stereocenters. The second-order valence-corrected chi connectivity index (χ2v) is 2.97. The smallest absolute Gasteiger partial charge is 0.0192 e. The van der Waals surface area contributed by atoms with Crippen molar-refractivity contribution in [2.45, 2.75) is 44.2 Å². The molecule has 0 bridgehead atoms. The molecule has 0 aromatic carbocycles. The maximum Gasteiger partial charge on any atom is 0.0192 e. The van der Waals surface area contributed by atoms with E-state index in [0.29, 0.717) is 0 Å². The Labute approximate surface area is 56.6 Å². The SMILES string of the molecule is N[C@@H]1CCCCC[C@@H]1N. The van der Waals surface area contributed by atoms with Crippen LogP contribution in [0.15, 0.2) is 0 Å². The second kappa shape index (κ2) is 3.18. The van der Waals surface area contributed by atoms with Gasteiger partial charge in [-0.05, 0) is 12.8 Å². The van der Waals surface area contributed by atoms with Crippen molar-refractivity contribution in [2.75, 3.05) is 0 Å². The summed E-state index contributed by atoms with van der Waals surface area (Å²) in [5.41, 5.74) is 11.5. The number of nitrogens with two attached hydrogens (primary N) is 2. The van der Waals surface area contributed by atoms with Crippen LogP contribution in [0.3, 0.4) is 0 Å². The van der Waals surface area contributed by atoms with Crippen LogP contribution in [0.25, 0.3) is 0 Å². The normalized spacial score (nSPS) is 38.0. The Morgan fingerprint density at radius 2 is 1.22 bits per heavy atom. The van der Waals surface area contributed by atoms with Gasteiger partial charge in [0.2, 0.25) is 0 Å². The molecule has 1 aliphatic rings. The topological polar surface area (TPSA) is 52.0 Å². The molecule has 0 aliphatic heterocycles. The van der Waals surface area contributed by atoms with Gasteiger partial charge in [0.15, 0.2) is 0 Å². The first kappa shape index (κ1) is 7.03. The Hall–Kier alpha value is -0.0800. The molecule has 0 amide bonds. The van der Waals surface area contributed by atoms with Gasteiger partial charge in [-0.2, -0.15) is 0 Å². The molecule has 2 nitrogen and oxygen atoms in total. The Bertz CT molecular complexity index is 73.0. The van der Waals surface area contributed by atoms with E-state index >= 15 is 0 Å². The summed E-state index contributed by atoms with van der Waals surface area (Å²) in [6.45, 7) is 0. The monoisotopic (exact) mass is 128 g/mol. The van der Waals surface area contributed by atoms with Crippen LogP contribution in [0.1, 0.15) is 32.1 Å². The van der Waals surface area contributed by atoms with Crippen molar-refractivity contribution < 1.29 is 0 Å². The molecule has 4 N–H and O–H groups in total.